The number of nitrogens with zero attached hydrogens (tertiary/aromatic N) is 1. The normalized spacial score (nSPS) is 19.1. The van der Waals surface area contributed by atoms with Crippen molar-refractivity contribution < 1.29 is 17.9 Å². The Morgan fingerprint density at radius 2 is 1.90 bits per heavy atom. The quantitative estimate of drug-likeness (QED) is 0.872. The van der Waals surface area contributed by atoms with E-state index >= 15 is 0 Å². The van der Waals surface area contributed by atoms with E-state index in [-0.39, 0.29) is 23.3 Å². The standard InChI is InChI=1S/C13H20N2O4S.ClH/c1-14-10-6-7-15(9-10)20(16,17)11-4-5-12(18-2)13(8-11)19-3;/h4-5,8,10,14H,6-7,9H2,1-3H3;1H. The van der Waals surface area contributed by atoms with Crippen LogP contribution in [0.25, 0.3) is 0 Å². The lowest BCUT2D eigenvalue weighted by Crippen LogP contribution is -2.33. The molecule has 0 bridgehead atoms. The van der Waals surface area contributed by atoms with E-state index in [2.05, 4.69) is 5.32 Å². The predicted octanol–water partition coefficient (Wildman–Crippen LogP) is 1.11. The molecule has 120 valence electrons. The van der Waals surface area contributed by atoms with Crippen LogP contribution in [0.4, 0.5) is 0 Å². The molecule has 1 aliphatic heterocycles. The Balaban J connectivity index is 0.00000220. The summed E-state index contributed by atoms with van der Waals surface area (Å²) in [4.78, 5) is 0.229. The molecule has 1 N–H and O–H groups in total. The summed E-state index contributed by atoms with van der Waals surface area (Å²) in [6, 6.07) is 4.87. The van der Waals surface area contributed by atoms with Crippen molar-refractivity contribution in [2.45, 2.75) is 17.4 Å². The van der Waals surface area contributed by atoms with Gasteiger partial charge < -0.3 is 14.8 Å². The van der Waals surface area contributed by atoms with Gasteiger partial charge in [-0.05, 0) is 25.6 Å². The molecule has 1 aromatic rings. The van der Waals surface area contributed by atoms with Gasteiger partial charge in [-0.1, -0.05) is 0 Å². The van der Waals surface area contributed by atoms with Crippen LogP contribution in [0.3, 0.4) is 0 Å². The van der Waals surface area contributed by atoms with Gasteiger partial charge in [-0.15, -0.1) is 12.4 Å². The first-order valence-corrected chi connectivity index (χ1v) is 7.86. The van der Waals surface area contributed by atoms with Gasteiger partial charge in [-0.25, -0.2) is 8.42 Å². The maximum Gasteiger partial charge on any atom is 0.243 e. The third-order valence-electron chi connectivity index (χ3n) is 3.55. The monoisotopic (exact) mass is 336 g/mol. The van der Waals surface area contributed by atoms with Gasteiger partial charge in [0.05, 0.1) is 19.1 Å². The van der Waals surface area contributed by atoms with Crippen LogP contribution in [-0.4, -0.2) is 53.1 Å². The molecule has 0 aliphatic carbocycles. The molecule has 1 fully saturated rings. The summed E-state index contributed by atoms with van der Waals surface area (Å²) in [5.74, 6) is 0.930. The summed E-state index contributed by atoms with van der Waals surface area (Å²) in [5.41, 5.74) is 0. The lowest BCUT2D eigenvalue weighted by Gasteiger charge is -2.17. The third kappa shape index (κ3) is 3.60. The second-order valence-corrected chi connectivity index (χ2v) is 6.59. The van der Waals surface area contributed by atoms with Gasteiger partial charge in [0.2, 0.25) is 10.0 Å². The number of sulfonamides is 1. The van der Waals surface area contributed by atoms with Crippen LogP contribution in [0.5, 0.6) is 11.5 Å². The van der Waals surface area contributed by atoms with Crippen molar-refractivity contribution in [3.05, 3.63) is 18.2 Å². The average molecular weight is 337 g/mol. The van der Waals surface area contributed by atoms with Crippen LogP contribution in [0, 0.1) is 0 Å². The predicted molar refractivity (Wildman–Crippen MR) is 83.0 cm³/mol. The van der Waals surface area contributed by atoms with Gasteiger partial charge in [-0.2, -0.15) is 4.31 Å². The fourth-order valence-corrected chi connectivity index (χ4v) is 3.82. The second-order valence-electron chi connectivity index (χ2n) is 4.65. The van der Waals surface area contributed by atoms with Gasteiger partial charge in [0.25, 0.3) is 0 Å². The van der Waals surface area contributed by atoms with Crippen LogP contribution in [0.15, 0.2) is 23.1 Å². The topological polar surface area (TPSA) is 67.9 Å². The van der Waals surface area contributed by atoms with Crippen molar-refractivity contribution in [3.63, 3.8) is 0 Å². The number of likely N-dealkylation sites (N-methyl/N-ethyl adjacent to an activating group) is 1. The molecule has 2 rings (SSSR count). The molecular formula is C13H21ClN2O4S. The molecule has 0 spiro atoms. The second kappa shape index (κ2) is 7.31. The van der Waals surface area contributed by atoms with Gasteiger partial charge >= 0.3 is 0 Å². The zero-order chi connectivity index (χ0) is 14.8. The summed E-state index contributed by atoms with van der Waals surface area (Å²) in [7, 11) is 1.37. The molecule has 0 aromatic heterocycles. The highest BCUT2D eigenvalue weighted by Gasteiger charge is 2.32. The molecule has 1 aromatic carbocycles. The van der Waals surface area contributed by atoms with Crippen molar-refractivity contribution in [1.29, 1.82) is 0 Å². The number of nitrogens with one attached hydrogen (secondary N) is 1. The van der Waals surface area contributed by atoms with E-state index in [4.69, 9.17) is 9.47 Å². The molecule has 1 unspecified atom stereocenters. The molecule has 1 saturated heterocycles. The lowest BCUT2D eigenvalue weighted by molar-refractivity contribution is 0.353. The highest BCUT2D eigenvalue weighted by Crippen LogP contribution is 2.31. The molecular weight excluding hydrogens is 316 g/mol. The Morgan fingerprint density at radius 1 is 1.24 bits per heavy atom. The lowest BCUT2D eigenvalue weighted by atomic mass is 10.3. The minimum absolute atomic E-state index is 0. The first kappa shape index (κ1) is 18.0. The summed E-state index contributed by atoms with van der Waals surface area (Å²) in [5, 5.41) is 3.11. The highest BCUT2D eigenvalue weighted by molar-refractivity contribution is 7.89. The van der Waals surface area contributed by atoms with Crippen molar-refractivity contribution in [1.82, 2.24) is 9.62 Å². The van der Waals surface area contributed by atoms with Gasteiger partial charge in [0, 0.05) is 25.2 Å². The highest BCUT2D eigenvalue weighted by atomic mass is 35.5. The molecule has 6 nitrogen and oxygen atoms in total. The Bertz CT molecular complexity index is 580. The van der Waals surface area contributed by atoms with Crippen LogP contribution >= 0.6 is 12.4 Å². The molecule has 0 radical (unpaired) electrons. The Morgan fingerprint density at radius 3 is 2.43 bits per heavy atom. The van der Waals surface area contributed by atoms with Crippen molar-refractivity contribution >= 4 is 22.4 Å². The minimum Gasteiger partial charge on any atom is -0.493 e. The molecule has 0 amide bonds. The van der Waals surface area contributed by atoms with Crippen LogP contribution in [0.2, 0.25) is 0 Å². The van der Waals surface area contributed by atoms with Gasteiger partial charge in [0.1, 0.15) is 0 Å². The average Bonchev–Trinajstić information content (AvgIpc) is 2.96. The van der Waals surface area contributed by atoms with E-state index in [9.17, 15) is 8.42 Å². The fourth-order valence-electron chi connectivity index (χ4n) is 2.31. The maximum atomic E-state index is 12.6. The first-order chi connectivity index (χ1) is 9.52. The van der Waals surface area contributed by atoms with Gasteiger partial charge in [0.15, 0.2) is 11.5 Å². The van der Waals surface area contributed by atoms with Crippen molar-refractivity contribution in [2.75, 3.05) is 34.4 Å². The largest absolute Gasteiger partial charge is 0.493 e. The molecule has 0 saturated carbocycles. The van der Waals surface area contributed by atoms with Crippen LogP contribution < -0.4 is 14.8 Å². The smallest absolute Gasteiger partial charge is 0.243 e. The van der Waals surface area contributed by atoms with E-state index in [0.29, 0.717) is 24.6 Å². The molecule has 1 heterocycles. The molecule has 1 aliphatic rings. The van der Waals surface area contributed by atoms with E-state index in [1.807, 2.05) is 7.05 Å². The molecule has 1 atom stereocenters. The SMILES string of the molecule is CNC1CCN(S(=O)(=O)c2ccc(OC)c(OC)c2)C1.Cl. The Kier molecular flexibility index (Phi) is 6.27. The minimum atomic E-state index is -3.48. The summed E-state index contributed by atoms with van der Waals surface area (Å²) in [6.07, 6.45) is 0.822. The van der Waals surface area contributed by atoms with E-state index in [1.165, 1.54) is 24.6 Å². The van der Waals surface area contributed by atoms with Crippen molar-refractivity contribution in [3.8, 4) is 11.5 Å². The molecule has 8 heteroatoms. The number of methoxy groups -OCH3 is 2. The number of halogens is 1. The first-order valence-electron chi connectivity index (χ1n) is 6.42. The van der Waals surface area contributed by atoms with E-state index < -0.39 is 10.0 Å². The summed E-state index contributed by atoms with van der Waals surface area (Å²) >= 11 is 0. The van der Waals surface area contributed by atoms with E-state index in [0.717, 1.165) is 6.42 Å². The summed E-state index contributed by atoms with van der Waals surface area (Å²) in [6.45, 7) is 1.02. The number of benzene rings is 1. The maximum absolute atomic E-state index is 12.6. The third-order valence-corrected chi connectivity index (χ3v) is 5.41. The van der Waals surface area contributed by atoms with Gasteiger partial charge in [-0.3, -0.25) is 0 Å². The zero-order valence-corrected chi connectivity index (χ0v) is 14.0. The Hall–Kier alpha value is -1.02. The summed E-state index contributed by atoms with van der Waals surface area (Å²) < 4.78 is 36.9. The number of ether oxygens (including phenoxy) is 2. The molecule has 21 heavy (non-hydrogen) atoms. The van der Waals surface area contributed by atoms with Crippen LogP contribution in [0.1, 0.15) is 6.42 Å². The van der Waals surface area contributed by atoms with Crippen LogP contribution in [-0.2, 0) is 10.0 Å². The number of hydrogen-bond donors (Lipinski definition) is 1. The van der Waals surface area contributed by atoms with E-state index in [1.54, 1.807) is 12.1 Å². The number of hydrogen-bond acceptors (Lipinski definition) is 5. The fraction of sp³-hybridized carbons (Fsp3) is 0.538. The Labute approximate surface area is 131 Å². The van der Waals surface area contributed by atoms with Crippen molar-refractivity contribution in [2.24, 2.45) is 0 Å². The zero-order valence-electron chi connectivity index (χ0n) is 12.3. The number of rotatable bonds is 5.